The van der Waals surface area contributed by atoms with Gasteiger partial charge in [0.1, 0.15) is 6.04 Å². The molecule has 1 N–H and O–H groups in total. The SMILES string of the molecule is Cc1ccccc1CN(C(=O)CCCN(c1cc(Cl)ccc1Cl)S(C)(=O)=O)[C@H](C)C(=O)NC1CCCC1. The maximum absolute atomic E-state index is 13.5. The molecule has 0 radical (unpaired) electrons. The Morgan fingerprint density at radius 3 is 2.43 bits per heavy atom. The zero-order valence-electron chi connectivity index (χ0n) is 21.5. The third-order valence-corrected chi connectivity index (χ3v) is 8.53. The minimum absolute atomic E-state index is 0.0471. The molecule has 0 saturated heterocycles. The lowest BCUT2D eigenvalue weighted by Crippen LogP contribution is -2.49. The number of carbonyl (C=O) groups is 2. The van der Waals surface area contributed by atoms with Crippen LogP contribution in [0.5, 0.6) is 0 Å². The number of benzene rings is 2. The predicted octanol–water partition coefficient (Wildman–Crippen LogP) is 5.32. The molecular weight excluding hydrogens is 533 g/mol. The molecule has 1 atom stereocenters. The Labute approximate surface area is 230 Å². The monoisotopic (exact) mass is 567 g/mol. The Hall–Kier alpha value is -2.29. The topological polar surface area (TPSA) is 86.8 Å². The van der Waals surface area contributed by atoms with Gasteiger partial charge in [-0.1, -0.05) is 60.3 Å². The zero-order chi connectivity index (χ0) is 27.2. The molecule has 0 unspecified atom stereocenters. The average molecular weight is 569 g/mol. The van der Waals surface area contributed by atoms with E-state index < -0.39 is 16.1 Å². The van der Waals surface area contributed by atoms with Gasteiger partial charge in [0, 0.05) is 30.6 Å². The number of carbonyl (C=O) groups excluding carboxylic acids is 2. The number of nitrogens with one attached hydrogen (secondary N) is 1. The highest BCUT2D eigenvalue weighted by atomic mass is 35.5. The van der Waals surface area contributed by atoms with Gasteiger partial charge in [-0.15, -0.1) is 0 Å². The van der Waals surface area contributed by atoms with Gasteiger partial charge in [0.25, 0.3) is 0 Å². The van der Waals surface area contributed by atoms with E-state index in [9.17, 15) is 18.0 Å². The molecule has 7 nitrogen and oxygen atoms in total. The maximum atomic E-state index is 13.5. The van der Waals surface area contributed by atoms with Crippen molar-refractivity contribution in [3.05, 3.63) is 63.6 Å². The molecule has 1 aliphatic carbocycles. The molecule has 10 heteroatoms. The summed E-state index contributed by atoms with van der Waals surface area (Å²) >= 11 is 12.3. The number of hydrogen-bond acceptors (Lipinski definition) is 4. The summed E-state index contributed by atoms with van der Waals surface area (Å²) in [5.74, 6) is -0.389. The van der Waals surface area contributed by atoms with E-state index in [1.54, 1.807) is 17.9 Å². The predicted molar refractivity (Wildman–Crippen MR) is 149 cm³/mol. The number of rotatable bonds is 11. The summed E-state index contributed by atoms with van der Waals surface area (Å²) in [6, 6.07) is 11.9. The molecule has 1 aliphatic rings. The highest BCUT2D eigenvalue weighted by Gasteiger charge is 2.29. The van der Waals surface area contributed by atoms with Crippen molar-refractivity contribution in [2.24, 2.45) is 0 Å². The van der Waals surface area contributed by atoms with Gasteiger partial charge in [-0.3, -0.25) is 13.9 Å². The van der Waals surface area contributed by atoms with Crippen LogP contribution in [0, 0.1) is 6.92 Å². The van der Waals surface area contributed by atoms with Crippen molar-refractivity contribution in [2.75, 3.05) is 17.1 Å². The van der Waals surface area contributed by atoms with Crippen LogP contribution in [0.1, 0.15) is 56.6 Å². The number of aryl methyl sites for hydroxylation is 1. The molecular formula is C27H35Cl2N3O4S. The maximum Gasteiger partial charge on any atom is 0.242 e. The van der Waals surface area contributed by atoms with Crippen LogP contribution in [0.2, 0.25) is 10.0 Å². The van der Waals surface area contributed by atoms with E-state index in [-0.39, 0.29) is 48.0 Å². The second-order valence-corrected chi connectivity index (χ2v) is 12.4. The Morgan fingerprint density at radius 2 is 1.78 bits per heavy atom. The van der Waals surface area contributed by atoms with Crippen molar-refractivity contribution in [1.29, 1.82) is 0 Å². The normalized spacial score (nSPS) is 14.8. The lowest BCUT2D eigenvalue weighted by atomic mass is 10.1. The largest absolute Gasteiger partial charge is 0.352 e. The Kier molecular flexibility index (Phi) is 10.3. The van der Waals surface area contributed by atoms with Crippen molar-refractivity contribution in [1.82, 2.24) is 10.2 Å². The molecule has 0 aromatic heterocycles. The molecule has 1 saturated carbocycles. The summed E-state index contributed by atoms with van der Waals surface area (Å²) in [7, 11) is -3.67. The molecule has 202 valence electrons. The highest BCUT2D eigenvalue weighted by Crippen LogP contribution is 2.31. The Balaban J connectivity index is 1.75. The van der Waals surface area contributed by atoms with Crippen LogP contribution in [-0.4, -0.2) is 50.0 Å². The summed E-state index contributed by atoms with van der Waals surface area (Å²) in [6.45, 7) is 4.06. The smallest absolute Gasteiger partial charge is 0.242 e. The van der Waals surface area contributed by atoms with Gasteiger partial charge in [0.15, 0.2) is 0 Å². The molecule has 0 aliphatic heterocycles. The lowest BCUT2D eigenvalue weighted by molar-refractivity contribution is -0.141. The molecule has 2 aromatic rings. The van der Waals surface area contributed by atoms with E-state index in [0.717, 1.165) is 47.4 Å². The van der Waals surface area contributed by atoms with E-state index in [2.05, 4.69) is 5.32 Å². The highest BCUT2D eigenvalue weighted by molar-refractivity contribution is 7.92. The van der Waals surface area contributed by atoms with Gasteiger partial charge in [0.2, 0.25) is 21.8 Å². The van der Waals surface area contributed by atoms with Crippen molar-refractivity contribution in [2.45, 2.75) is 71.0 Å². The minimum Gasteiger partial charge on any atom is -0.352 e. The van der Waals surface area contributed by atoms with Crippen LogP contribution in [0.15, 0.2) is 42.5 Å². The van der Waals surface area contributed by atoms with Crippen LogP contribution in [0.4, 0.5) is 5.69 Å². The second-order valence-electron chi connectivity index (χ2n) is 9.65. The van der Waals surface area contributed by atoms with Crippen LogP contribution in [0.25, 0.3) is 0 Å². The summed E-state index contributed by atoms with van der Waals surface area (Å²) in [6.07, 6.45) is 5.51. The van der Waals surface area contributed by atoms with Crippen molar-refractivity contribution >= 4 is 50.7 Å². The summed E-state index contributed by atoms with van der Waals surface area (Å²) in [5.41, 5.74) is 2.26. The fraction of sp³-hybridized carbons (Fsp3) is 0.481. The molecule has 2 amide bonds. The standard InChI is InChI=1S/C27H35Cl2N3O4S/c1-19-9-4-5-10-21(19)18-31(20(2)27(34)30-23-11-6-7-12-23)26(33)13-8-16-32(37(3,35)36)25-17-22(28)14-15-24(25)29/h4-5,9-10,14-15,17,20,23H,6-8,11-13,16,18H2,1-3H3,(H,30,34)/t20-/m1/s1. The van der Waals surface area contributed by atoms with Crippen LogP contribution < -0.4 is 9.62 Å². The van der Waals surface area contributed by atoms with E-state index in [0.29, 0.717) is 11.6 Å². The lowest BCUT2D eigenvalue weighted by Gasteiger charge is -2.30. The number of hydrogen-bond donors (Lipinski definition) is 1. The zero-order valence-corrected chi connectivity index (χ0v) is 23.9. The second kappa shape index (κ2) is 13.0. The molecule has 37 heavy (non-hydrogen) atoms. The van der Waals surface area contributed by atoms with E-state index in [1.165, 1.54) is 12.1 Å². The average Bonchev–Trinajstić information content (AvgIpc) is 3.34. The quantitative estimate of drug-likeness (QED) is 0.398. The van der Waals surface area contributed by atoms with Crippen molar-refractivity contribution in [3.63, 3.8) is 0 Å². The number of halogens is 2. The summed E-state index contributed by atoms with van der Waals surface area (Å²) in [5, 5.41) is 3.70. The molecule has 3 rings (SSSR count). The van der Waals surface area contributed by atoms with Gasteiger partial charge < -0.3 is 10.2 Å². The summed E-state index contributed by atoms with van der Waals surface area (Å²) < 4.78 is 26.2. The van der Waals surface area contributed by atoms with E-state index in [1.807, 2.05) is 31.2 Å². The Bertz CT molecular complexity index is 1220. The van der Waals surface area contributed by atoms with Gasteiger partial charge >= 0.3 is 0 Å². The van der Waals surface area contributed by atoms with Gasteiger partial charge in [-0.05, 0) is 62.4 Å². The first-order chi connectivity index (χ1) is 17.5. The van der Waals surface area contributed by atoms with Crippen LogP contribution in [-0.2, 0) is 26.2 Å². The van der Waals surface area contributed by atoms with Crippen LogP contribution >= 0.6 is 23.2 Å². The van der Waals surface area contributed by atoms with Crippen LogP contribution in [0.3, 0.4) is 0 Å². The summed E-state index contributed by atoms with van der Waals surface area (Å²) in [4.78, 5) is 28.1. The third kappa shape index (κ3) is 8.09. The Morgan fingerprint density at radius 1 is 1.11 bits per heavy atom. The number of nitrogens with zero attached hydrogens (tertiary/aromatic N) is 2. The third-order valence-electron chi connectivity index (χ3n) is 6.80. The van der Waals surface area contributed by atoms with Crippen molar-refractivity contribution < 1.29 is 18.0 Å². The molecule has 0 spiro atoms. The first kappa shape index (κ1) is 29.3. The molecule has 0 bridgehead atoms. The fourth-order valence-corrected chi connectivity index (χ4v) is 6.01. The number of sulfonamides is 1. The van der Waals surface area contributed by atoms with E-state index >= 15 is 0 Å². The fourth-order valence-electron chi connectivity index (χ4n) is 4.60. The van der Waals surface area contributed by atoms with Gasteiger partial charge in [-0.2, -0.15) is 0 Å². The minimum atomic E-state index is -3.67. The number of amides is 2. The molecule has 1 fully saturated rings. The van der Waals surface area contributed by atoms with Gasteiger partial charge in [-0.25, -0.2) is 8.42 Å². The number of anilines is 1. The van der Waals surface area contributed by atoms with Gasteiger partial charge in [0.05, 0.1) is 17.0 Å². The van der Waals surface area contributed by atoms with E-state index in [4.69, 9.17) is 23.2 Å². The first-order valence-electron chi connectivity index (χ1n) is 12.5. The molecule has 0 heterocycles. The molecule has 2 aromatic carbocycles. The first-order valence-corrected chi connectivity index (χ1v) is 15.1. The van der Waals surface area contributed by atoms with Crippen molar-refractivity contribution in [3.8, 4) is 0 Å².